The Labute approximate surface area is 105 Å². The zero-order valence-electron chi connectivity index (χ0n) is 10.1. The first-order valence-corrected chi connectivity index (χ1v) is 6.26. The molecular weight excluding hydrogens is 229 g/mol. The molecule has 0 radical (unpaired) electrons. The summed E-state index contributed by atoms with van der Waals surface area (Å²) in [5.74, 6) is 0.417. The highest BCUT2D eigenvalue weighted by molar-refractivity contribution is 5.25. The van der Waals surface area contributed by atoms with Crippen LogP contribution < -0.4 is 5.73 Å². The lowest BCUT2D eigenvalue weighted by atomic mass is 10.1. The smallest absolute Gasteiger partial charge is 0.123 e. The molecule has 0 saturated heterocycles. The van der Waals surface area contributed by atoms with Crippen LogP contribution in [0.5, 0.6) is 0 Å². The van der Waals surface area contributed by atoms with E-state index in [1.165, 1.54) is 25.0 Å². The Hall–Kier alpha value is -1.68. The molecule has 4 heteroatoms. The van der Waals surface area contributed by atoms with Crippen molar-refractivity contribution >= 4 is 0 Å². The van der Waals surface area contributed by atoms with Crippen LogP contribution in [0.1, 0.15) is 35.6 Å². The number of rotatable bonds is 4. The molecule has 0 aliphatic heterocycles. The lowest BCUT2D eigenvalue weighted by molar-refractivity contribution is 0.615. The molecule has 1 saturated carbocycles. The van der Waals surface area contributed by atoms with Gasteiger partial charge in [0.2, 0.25) is 0 Å². The Bertz CT molecular complexity index is 558. The Morgan fingerprint density at radius 1 is 1.28 bits per heavy atom. The van der Waals surface area contributed by atoms with Crippen molar-refractivity contribution in [1.82, 2.24) is 9.78 Å². The van der Waals surface area contributed by atoms with Crippen LogP contribution in [0, 0.1) is 5.82 Å². The van der Waals surface area contributed by atoms with Gasteiger partial charge in [-0.2, -0.15) is 5.10 Å². The Balaban J connectivity index is 1.79. The lowest BCUT2D eigenvalue weighted by Gasteiger charge is -2.05. The molecule has 1 aromatic carbocycles. The number of hydrogen-bond donors (Lipinski definition) is 1. The summed E-state index contributed by atoms with van der Waals surface area (Å²) in [5.41, 5.74) is 8.42. The quantitative estimate of drug-likeness (QED) is 0.899. The van der Waals surface area contributed by atoms with Crippen molar-refractivity contribution < 1.29 is 4.39 Å². The Kier molecular flexibility index (Phi) is 2.88. The summed E-state index contributed by atoms with van der Waals surface area (Å²) in [4.78, 5) is 0. The fourth-order valence-electron chi connectivity index (χ4n) is 2.18. The summed E-state index contributed by atoms with van der Waals surface area (Å²) in [6.07, 6.45) is 4.45. The summed E-state index contributed by atoms with van der Waals surface area (Å²) in [6, 6.07) is 7.00. The maximum atomic E-state index is 13.4. The SMILES string of the molecule is NCc1cc(F)cc(Cn2ccc(C3CC3)n2)c1. The van der Waals surface area contributed by atoms with Gasteiger partial charge in [-0.1, -0.05) is 6.07 Å². The minimum absolute atomic E-state index is 0.234. The van der Waals surface area contributed by atoms with E-state index in [1.807, 2.05) is 16.9 Å². The Morgan fingerprint density at radius 2 is 2.06 bits per heavy atom. The highest BCUT2D eigenvalue weighted by Crippen LogP contribution is 2.38. The largest absolute Gasteiger partial charge is 0.326 e. The van der Waals surface area contributed by atoms with E-state index < -0.39 is 0 Å². The summed E-state index contributed by atoms with van der Waals surface area (Å²) >= 11 is 0. The molecule has 1 heterocycles. The van der Waals surface area contributed by atoms with Gasteiger partial charge in [0.25, 0.3) is 0 Å². The van der Waals surface area contributed by atoms with E-state index in [1.54, 1.807) is 0 Å². The van der Waals surface area contributed by atoms with Crippen LogP contribution in [-0.2, 0) is 13.1 Å². The van der Waals surface area contributed by atoms with E-state index >= 15 is 0 Å². The van der Waals surface area contributed by atoms with Gasteiger partial charge in [-0.15, -0.1) is 0 Å². The minimum Gasteiger partial charge on any atom is -0.326 e. The minimum atomic E-state index is -0.234. The van der Waals surface area contributed by atoms with Gasteiger partial charge in [0.05, 0.1) is 12.2 Å². The number of benzene rings is 1. The molecule has 0 unspecified atom stereocenters. The second kappa shape index (κ2) is 4.53. The van der Waals surface area contributed by atoms with Gasteiger partial charge in [0.15, 0.2) is 0 Å². The number of halogens is 1. The number of nitrogens with two attached hydrogens (primary N) is 1. The van der Waals surface area contributed by atoms with Gasteiger partial charge in [-0.05, 0) is 42.2 Å². The van der Waals surface area contributed by atoms with Gasteiger partial charge >= 0.3 is 0 Å². The van der Waals surface area contributed by atoms with Gasteiger partial charge in [-0.3, -0.25) is 4.68 Å². The van der Waals surface area contributed by atoms with Gasteiger partial charge in [-0.25, -0.2) is 4.39 Å². The molecule has 1 aliphatic carbocycles. The first-order chi connectivity index (χ1) is 8.74. The van der Waals surface area contributed by atoms with Crippen molar-refractivity contribution in [2.75, 3.05) is 0 Å². The summed E-state index contributed by atoms with van der Waals surface area (Å²) < 4.78 is 15.2. The summed E-state index contributed by atoms with van der Waals surface area (Å²) in [5, 5.41) is 4.52. The van der Waals surface area contributed by atoms with Gasteiger partial charge in [0, 0.05) is 18.7 Å². The average molecular weight is 245 g/mol. The molecule has 1 aromatic heterocycles. The van der Waals surface area contributed by atoms with E-state index in [0.29, 0.717) is 19.0 Å². The second-order valence-corrected chi connectivity index (χ2v) is 4.88. The molecule has 2 N–H and O–H groups in total. The second-order valence-electron chi connectivity index (χ2n) is 4.88. The molecule has 0 atom stereocenters. The molecular formula is C14H16FN3. The highest BCUT2D eigenvalue weighted by Gasteiger charge is 2.25. The molecule has 1 aliphatic rings. The summed E-state index contributed by atoms with van der Waals surface area (Å²) in [7, 11) is 0. The van der Waals surface area contributed by atoms with Crippen LogP contribution in [-0.4, -0.2) is 9.78 Å². The maximum Gasteiger partial charge on any atom is 0.123 e. The molecule has 0 bridgehead atoms. The van der Waals surface area contributed by atoms with Crippen molar-refractivity contribution in [2.45, 2.75) is 31.8 Å². The molecule has 94 valence electrons. The number of aromatic nitrogens is 2. The van der Waals surface area contributed by atoms with Gasteiger partial charge in [0.1, 0.15) is 5.82 Å². The zero-order valence-corrected chi connectivity index (χ0v) is 10.1. The molecule has 0 spiro atoms. The third-order valence-electron chi connectivity index (χ3n) is 3.25. The van der Waals surface area contributed by atoms with Crippen molar-refractivity contribution in [3.63, 3.8) is 0 Å². The molecule has 18 heavy (non-hydrogen) atoms. The summed E-state index contributed by atoms with van der Waals surface area (Å²) in [6.45, 7) is 0.953. The normalized spacial score (nSPS) is 15.0. The molecule has 2 aromatic rings. The molecule has 0 amide bonds. The zero-order chi connectivity index (χ0) is 12.5. The maximum absolute atomic E-state index is 13.4. The average Bonchev–Trinajstić information content (AvgIpc) is 3.10. The molecule has 3 rings (SSSR count). The van der Waals surface area contributed by atoms with Crippen LogP contribution in [0.25, 0.3) is 0 Å². The van der Waals surface area contributed by atoms with Crippen molar-refractivity contribution in [3.8, 4) is 0 Å². The van der Waals surface area contributed by atoms with E-state index in [9.17, 15) is 4.39 Å². The van der Waals surface area contributed by atoms with Crippen LogP contribution in [0.4, 0.5) is 4.39 Å². The van der Waals surface area contributed by atoms with Crippen LogP contribution in [0.2, 0.25) is 0 Å². The van der Waals surface area contributed by atoms with E-state index in [4.69, 9.17) is 5.73 Å². The fraction of sp³-hybridized carbons (Fsp3) is 0.357. The third kappa shape index (κ3) is 2.43. The topological polar surface area (TPSA) is 43.8 Å². The predicted molar refractivity (Wildman–Crippen MR) is 67.6 cm³/mol. The standard InChI is InChI=1S/C14H16FN3/c15-13-6-10(8-16)5-11(7-13)9-18-4-3-14(17-18)12-1-2-12/h3-7,12H,1-2,8-9,16H2. The van der Waals surface area contributed by atoms with Gasteiger partial charge < -0.3 is 5.73 Å². The lowest BCUT2D eigenvalue weighted by Crippen LogP contribution is -2.04. The predicted octanol–water partition coefficient (Wildman–Crippen LogP) is 2.41. The third-order valence-corrected chi connectivity index (χ3v) is 3.25. The first-order valence-electron chi connectivity index (χ1n) is 6.26. The van der Waals surface area contributed by atoms with Crippen molar-refractivity contribution in [3.05, 3.63) is 53.1 Å². The number of hydrogen-bond acceptors (Lipinski definition) is 2. The fourth-order valence-corrected chi connectivity index (χ4v) is 2.18. The first kappa shape index (κ1) is 11.4. The Morgan fingerprint density at radius 3 is 2.78 bits per heavy atom. The van der Waals surface area contributed by atoms with E-state index in [0.717, 1.165) is 16.8 Å². The van der Waals surface area contributed by atoms with Crippen molar-refractivity contribution in [1.29, 1.82) is 0 Å². The van der Waals surface area contributed by atoms with E-state index in [2.05, 4.69) is 11.2 Å². The number of nitrogens with zero attached hydrogens (tertiary/aromatic N) is 2. The molecule has 1 fully saturated rings. The molecule has 3 nitrogen and oxygen atoms in total. The van der Waals surface area contributed by atoms with Crippen LogP contribution in [0.15, 0.2) is 30.5 Å². The monoisotopic (exact) mass is 245 g/mol. The van der Waals surface area contributed by atoms with E-state index in [-0.39, 0.29) is 5.82 Å². The van der Waals surface area contributed by atoms with Crippen LogP contribution >= 0.6 is 0 Å². The van der Waals surface area contributed by atoms with Crippen LogP contribution in [0.3, 0.4) is 0 Å². The van der Waals surface area contributed by atoms with Crippen molar-refractivity contribution in [2.24, 2.45) is 5.73 Å². The highest BCUT2D eigenvalue weighted by atomic mass is 19.1.